The molecule has 4 rings (SSSR count). The summed E-state index contributed by atoms with van der Waals surface area (Å²) in [6, 6.07) is 12.8. The van der Waals surface area contributed by atoms with E-state index in [-0.39, 0.29) is 11.2 Å². The van der Waals surface area contributed by atoms with E-state index in [4.69, 9.17) is 22.0 Å². The zero-order valence-corrected chi connectivity index (χ0v) is 14.3. The van der Waals surface area contributed by atoms with Crippen LogP contribution in [-0.4, -0.2) is 20.1 Å². The molecule has 0 radical (unpaired) electrons. The van der Waals surface area contributed by atoms with Gasteiger partial charge in [0.2, 0.25) is 0 Å². The third-order valence-electron chi connectivity index (χ3n) is 3.52. The van der Waals surface area contributed by atoms with Gasteiger partial charge in [0.25, 0.3) is 0 Å². The summed E-state index contributed by atoms with van der Waals surface area (Å²) in [5.41, 5.74) is 4.12. The van der Waals surface area contributed by atoms with E-state index in [1.54, 1.807) is 12.1 Å². The maximum Gasteiger partial charge on any atom is 0.305 e. The summed E-state index contributed by atoms with van der Waals surface area (Å²) in [6.07, 6.45) is 2.79. The number of benzene rings is 1. The molecule has 3 heterocycles. The average Bonchev–Trinajstić information content (AvgIpc) is 3.26. The smallest absolute Gasteiger partial charge is 0.305 e. The molecule has 7 nitrogen and oxygen atoms in total. The Morgan fingerprint density at radius 2 is 2.04 bits per heavy atom. The van der Waals surface area contributed by atoms with Gasteiger partial charge in [-0.1, -0.05) is 29.5 Å². The number of fused-ring (bicyclic) bond motifs is 1. The molecule has 9 heteroatoms. The van der Waals surface area contributed by atoms with Crippen LogP contribution in [0.4, 0.5) is 0 Å². The topological polar surface area (TPSA) is 88.8 Å². The van der Waals surface area contributed by atoms with Gasteiger partial charge < -0.3 is 4.42 Å². The molecule has 0 aliphatic heterocycles. The van der Waals surface area contributed by atoms with E-state index >= 15 is 0 Å². The number of carbonyl (C=O) groups is 1. The SMILES string of the molecule is N=c1c2sc(=S)n(-c3ccccc3)c2ncn1NC(=O)c1ccco1. The van der Waals surface area contributed by atoms with Crippen LogP contribution in [0.15, 0.2) is 59.5 Å². The van der Waals surface area contributed by atoms with Gasteiger partial charge in [-0.15, -0.1) is 0 Å². The molecule has 1 aromatic carbocycles. The van der Waals surface area contributed by atoms with Crippen LogP contribution in [0.1, 0.15) is 10.6 Å². The lowest BCUT2D eigenvalue weighted by Gasteiger charge is -2.08. The Morgan fingerprint density at radius 3 is 2.76 bits per heavy atom. The molecular weight excluding hydrogens is 358 g/mol. The van der Waals surface area contributed by atoms with Gasteiger partial charge in [-0.3, -0.25) is 20.2 Å². The number of hydrogen-bond acceptors (Lipinski definition) is 6. The van der Waals surface area contributed by atoms with Crippen LogP contribution in [0, 0.1) is 9.36 Å². The minimum absolute atomic E-state index is 0.0932. The minimum atomic E-state index is -0.462. The first kappa shape index (κ1) is 15.5. The first-order valence-electron chi connectivity index (χ1n) is 7.23. The fourth-order valence-electron chi connectivity index (χ4n) is 2.38. The number of carbonyl (C=O) groups excluding carboxylic acids is 1. The second kappa shape index (κ2) is 6.11. The molecule has 0 unspecified atom stereocenters. The molecular formula is C16H11N5O2S2. The first-order chi connectivity index (χ1) is 12.1. The Kier molecular flexibility index (Phi) is 3.79. The third kappa shape index (κ3) is 2.69. The van der Waals surface area contributed by atoms with E-state index in [2.05, 4.69) is 10.4 Å². The Labute approximate surface area is 150 Å². The molecule has 0 saturated carbocycles. The number of hydrogen-bond donors (Lipinski definition) is 2. The van der Waals surface area contributed by atoms with Crippen molar-refractivity contribution >= 4 is 39.8 Å². The molecule has 2 N–H and O–H groups in total. The maximum atomic E-state index is 12.1. The molecule has 0 aliphatic rings. The summed E-state index contributed by atoms with van der Waals surface area (Å²) in [7, 11) is 0. The number of furan rings is 1. The molecule has 25 heavy (non-hydrogen) atoms. The summed E-state index contributed by atoms with van der Waals surface area (Å²) in [5, 5.41) is 8.36. The maximum absolute atomic E-state index is 12.1. The Hall–Kier alpha value is -3.04. The van der Waals surface area contributed by atoms with Crippen molar-refractivity contribution in [2.24, 2.45) is 0 Å². The number of aromatic nitrogens is 3. The van der Waals surface area contributed by atoms with Crippen molar-refractivity contribution in [1.29, 1.82) is 5.41 Å². The van der Waals surface area contributed by atoms with Gasteiger partial charge >= 0.3 is 5.91 Å². The van der Waals surface area contributed by atoms with Crippen LogP contribution in [0.2, 0.25) is 0 Å². The molecule has 0 saturated heterocycles. The summed E-state index contributed by atoms with van der Waals surface area (Å²) >= 11 is 6.71. The molecule has 1 amide bonds. The summed E-state index contributed by atoms with van der Waals surface area (Å²) in [6.45, 7) is 0. The monoisotopic (exact) mass is 369 g/mol. The highest BCUT2D eigenvalue weighted by atomic mass is 32.1. The van der Waals surface area contributed by atoms with E-state index in [1.807, 2.05) is 34.9 Å². The Bertz CT molecular complexity index is 1170. The molecule has 0 spiro atoms. The van der Waals surface area contributed by atoms with E-state index in [9.17, 15) is 4.79 Å². The molecule has 3 aromatic heterocycles. The van der Waals surface area contributed by atoms with Crippen LogP contribution >= 0.6 is 23.6 Å². The lowest BCUT2D eigenvalue weighted by atomic mass is 10.3. The molecule has 0 bridgehead atoms. The number of amides is 1. The largest absolute Gasteiger partial charge is 0.459 e. The van der Waals surface area contributed by atoms with Gasteiger partial charge in [0.15, 0.2) is 20.8 Å². The standard InChI is InChI=1S/C16H11N5O2S2/c17-13-12-14(21(16(24)25-12)10-5-2-1-3-6-10)18-9-20(13)19-15(22)11-7-4-8-23-11/h1-9,17H,(H,19,22). The third-order valence-corrected chi connectivity index (χ3v) is 4.89. The molecule has 0 fully saturated rings. The summed E-state index contributed by atoms with van der Waals surface area (Å²) < 4.78 is 9.27. The van der Waals surface area contributed by atoms with Crippen molar-refractivity contribution in [2.75, 3.05) is 5.43 Å². The minimum Gasteiger partial charge on any atom is -0.459 e. The highest BCUT2D eigenvalue weighted by molar-refractivity contribution is 7.73. The van der Waals surface area contributed by atoms with Crippen LogP contribution < -0.4 is 10.9 Å². The van der Waals surface area contributed by atoms with Crippen molar-refractivity contribution in [3.05, 3.63) is 70.3 Å². The molecule has 124 valence electrons. The highest BCUT2D eigenvalue weighted by Crippen LogP contribution is 2.22. The first-order valence-corrected chi connectivity index (χ1v) is 8.46. The van der Waals surface area contributed by atoms with Crippen molar-refractivity contribution < 1.29 is 9.21 Å². The summed E-state index contributed by atoms with van der Waals surface area (Å²) in [5.74, 6) is -0.308. The van der Waals surface area contributed by atoms with Gasteiger partial charge in [0.05, 0.1) is 6.26 Å². The van der Waals surface area contributed by atoms with Crippen LogP contribution in [0.5, 0.6) is 0 Å². The number of nitrogens with zero attached hydrogens (tertiary/aromatic N) is 3. The highest BCUT2D eigenvalue weighted by Gasteiger charge is 2.14. The second-order valence-electron chi connectivity index (χ2n) is 5.07. The number of nitrogens with one attached hydrogen (secondary N) is 2. The van der Waals surface area contributed by atoms with Crippen molar-refractivity contribution in [2.45, 2.75) is 0 Å². The summed E-state index contributed by atoms with van der Waals surface area (Å²) in [4.78, 5) is 16.5. The molecule has 0 atom stereocenters. The predicted octanol–water partition coefficient (Wildman–Crippen LogP) is 3.07. The van der Waals surface area contributed by atoms with E-state index in [0.29, 0.717) is 14.3 Å². The van der Waals surface area contributed by atoms with Gasteiger partial charge in [-0.05, 0) is 36.5 Å². The fraction of sp³-hybridized carbons (Fsp3) is 0. The Balaban J connectivity index is 1.81. The number of thiazole rings is 1. The van der Waals surface area contributed by atoms with Crippen molar-refractivity contribution in [1.82, 2.24) is 14.2 Å². The van der Waals surface area contributed by atoms with Gasteiger partial charge in [0, 0.05) is 5.69 Å². The fourth-order valence-corrected chi connectivity index (χ4v) is 3.71. The Morgan fingerprint density at radius 1 is 1.24 bits per heavy atom. The molecule has 0 aliphatic carbocycles. The lowest BCUT2D eigenvalue weighted by Crippen LogP contribution is -2.33. The average molecular weight is 369 g/mol. The second-order valence-corrected chi connectivity index (χ2v) is 6.72. The van der Waals surface area contributed by atoms with Crippen LogP contribution in [0.3, 0.4) is 0 Å². The normalized spacial score (nSPS) is 10.9. The van der Waals surface area contributed by atoms with E-state index in [0.717, 1.165) is 5.69 Å². The van der Waals surface area contributed by atoms with Crippen LogP contribution in [-0.2, 0) is 0 Å². The van der Waals surface area contributed by atoms with E-state index in [1.165, 1.54) is 28.6 Å². The van der Waals surface area contributed by atoms with Gasteiger partial charge in [-0.25, -0.2) is 9.66 Å². The zero-order valence-electron chi connectivity index (χ0n) is 12.7. The van der Waals surface area contributed by atoms with Crippen molar-refractivity contribution in [3.63, 3.8) is 0 Å². The van der Waals surface area contributed by atoms with E-state index < -0.39 is 5.91 Å². The van der Waals surface area contributed by atoms with Crippen LogP contribution in [0.25, 0.3) is 16.0 Å². The van der Waals surface area contributed by atoms with Crippen molar-refractivity contribution in [3.8, 4) is 5.69 Å². The quantitative estimate of drug-likeness (QED) is 0.543. The predicted molar refractivity (Wildman–Crippen MR) is 96.0 cm³/mol. The van der Waals surface area contributed by atoms with Gasteiger partial charge in [-0.2, -0.15) is 0 Å². The zero-order chi connectivity index (χ0) is 17.4. The lowest BCUT2D eigenvalue weighted by molar-refractivity contribution is 0.0980. The number of rotatable bonds is 3. The molecule has 4 aromatic rings. The van der Waals surface area contributed by atoms with Gasteiger partial charge in [0.1, 0.15) is 11.0 Å². The number of para-hydroxylation sites is 1.